The fourth-order valence-corrected chi connectivity index (χ4v) is 2.54. The van der Waals surface area contributed by atoms with Gasteiger partial charge in [0, 0.05) is 7.05 Å². The van der Waals surface area contributed by atoms with E-state index in [9.17, 15) is 19.7 Å². The van der Waals surface area contributed by atoms with Gasteiger partial charge in [-0.15, -0.1) is 0 Å². The van der Waals surface area contributed by atoms with Gasteiger partial charge in [0.1, 0.15) is 11.8 Å². The summed E-state index contributed by atoms with van der Waals surface area (Å²) in [6, 6.07) is 0. The second kappa shape index (κ2) is 4.84. The van der Waals surface area contributed by atoms with Gasteiger partial charge >= 0.3 is 5.69 Å². The third kappa shape index (κ3) is 2.69. The van der Waals surface area contributed by atoms with Crippen LogP contribution in [-0.4, -0.2) is 37.5 Å². The summed E-state index contributed by atoms with van der Waals surface area (Å²) in [5.41, 5.74) is -2.94. The van der Waals surface area contributed by atoms with Crippen molar-refractivity contribution in [3.05, 3.63) is 33.7 Å². The molecule has 0 saturated carbocycles. The second-order valence-corrected chi connectivity index (χ2v) is 6.23. The number of carbonyl (C=O) groups excluding carboxylic acids is 2. The van der Waals surface area contributed by atoms with Gasteiger partial charge < -0.3 is 4.74 Å². The van der Waals surface area contributed by atoms with Crippen LogP contribution >= 0.6 is 0 Å². The highest BCUT2D eigenvalue weighted by atomic mass is 16.6. The lowest BCUT2D eigenvalue weighted by Crippen LogP contribution is -2.48. The topological polar surface area (TPSA) is 104 Å². The molecule has 2 heterocycles. The van der Waals surface area contributed by atoms with E-state index in [2.05, 4.69) is 5.10 Å². The number of ketones is 2. The first-order chi connectivity index (χ1) is 9.94. The van der Waals surface area contributed by atoms with Crippen LogP contribution in [0.3, 0.4) is 0 Å². The third-order valence-corrected chi connectivity index (χ3v) is 3.27. The number of ether oxygens (including phenoxy) is 1. The Labute approximate surface area is 126 Å². The van der Waals surface area contributed by atoms with E-state index in [1.165, 1.54) is 17.8 Å². The molecule has 0 N–H and O–H groups in total. The van der Waals surface area contributed by atoms with E-state index < -0.39 is 33.4 Å². The van der Waals surface area contributed by atoms with Gasteiger partial charge in [-0.1, -0.05) is 0 Å². The van der Waals surface area contributed by atoms with Crippen LogP contribution in [0.5, 0.6) is 0 Å². The monoisotopic (exact) mass is 307 g/mol. The first-order valence-electron chi connectivity index (χ1n) is 6.65. The standard InChI is InChI=1S/C14H17N3O5/c1-13(2)6-8(12(19)14(3,4)22-13)11(18)10-9(17(20)21)7-16(5)15-10/h6-7H,1-5H3. The molecule has 1 aliphatic heterocycles. The van der Waals surface area contributed by atoms with Crippen molar-refractivity contribution in [2.24, 2.45) is 7.05 Å². The molecule has 0 radical (unpaired) electrons. The summed E-state index contributed by atoms with van der Waals surface area (Å²) in [4.78, 5) is 35.4. The molecule has 118 valence electrons. The first-order valence-corrected chi connectivity index (χ1v) is 6.65. The highest BCUT2D eigenvalue weighted by Gasteiger charge is 2.45. The summed E-state index contributed by atoms with van der Waals surface area (Å²) in [5.74, 6) is -1.28. The maximum atomic E-state index is 12.6. The lowest BCUT2D eigenvalue weighted by molar-refractivity contribution is -0.385. The molecule has 0 bridgehead atoms. The molecular formula is C14H17N3O5. The quantitative estimate of drug-likeness (QED) is 0.363. The van der Waals surface area contributed by atoms with Crippen molar-refractivity contribution in [3.8, 4) is 0 Å². The minimum absolute atomic E-state index is 0.136. The van der Waals surface area contributed by atoms with Crippen LogP contribution in [0.4, 0.5) is 5.69 Å². The molecule has 0 fully saturated rings. The number of hydrogen-bond donors (Lipinski definition) is 0. The Bertz CT molecular complexity index is 712. The van der Waals surface area contributed by atoms with Gasteiger partial charge in [0.15, 0.2) is 5.78 Å². The van der Waals surface area contributed by atoms with E-state index in [1.54, 1.807) is 27.7 Å². The van der Waals surface area contributed by atoms with Gasteiger partial charge in [0.2, 0.25) is 11.5 Å². The molecule has 1 aromatic rings. The van der Waals surface area contributed by atoms with E-state index in [1.807, 2.05) is 0 Å². The highest BCUT2D eigenvalue weighted by molar-refractivity contribution is 6.29. The van der Waals surface area contributed by atoms with E-state index in [0.717, 1.165) is 6.20 Å². The summed E-state index contributed by atoms with van der Waals surface area (Å²) in [5, 5.41) is 14.9. The van der Waals surface area contributed by atoms with Gasteiger partial charge in [-0.25, -0.2) is 0 Å². The van der Waals surface area contributed by atoms with Crippen molar-refractivity contribution < 1.29 is 19.2 Å². The van der Waals surface area contributed by atoms with Crippen LogP contribution in [-0.2, 0) is 16.6 Å². The summed E-state index contributed by atoms with van der Waals surface area (Å²) in [6.45, 7) is 6.54. The molecule has 22 heavy (non-hydrogen) atoms. The third-order valence-electron chi connectivity index (χ3n) is 3.27. The molecule has 8 heteroatoms. The summed E-state index contributed by atoms with van der Waals surface area (Å²) in [7, 11) is 1.47. The number of aromatic nitrogens is 2. The molecule has 1 aromatic heterocycles. The molecule has 0 aliphatic carbocycles. The Morgan fingerprint density at radius 3 is 2.50 bits per heavy atom. The molecule has 0 atom stereocenters. The highest BCUT2D eigenvalue weighted by Crippen LogP contribution is 2.33. The molecule has 8 nitrogen and oxygen atoms in total. The van der Waals surface area contributed by atoms with Gasteiger partial charge in [-0.3, -0.25) is 24.4 Å². The number of hydrogen-bond acceptors (Lipinski definition) is 6. The lowest BCUT2D eigenvalue weighted by atomic mass is 9.85. The molecule has 1 aliphatic rings. The maximum Gasteiger partial charge on any atom is 0.318 e. The van der Waals surface area contributed by atoms with Gasteiger partial charge in [0.05, 0.1) is 16.1 Å². The number of nitrogens with zero attached hydrogens (tertiary/aromatic N) is 3. The van der Waals surface area contributed by atoms with E-state index in [0.29, 0.717) is 0 Å². The number of carbonyl (C=O) groups is 2. The van der Waals surface area contributed by atoms with E-state index in [-0.39, 0.29) is 11.3 Å². The van der Waals surface area contributed by atoms with Gasteiger partial charge in [-0.05, 0) is 33.8 Å². The maximum absolute atomic E-state index is 12.6. The predicted molar refractivity (Wildman–Crippen MR) is 76.5 cm³/mol. The smallest absolute Gasteiger partial charge is 0.318 e. The average molecular weight is 307 g/mol. The normalized spacial score (nSPS) is 19.7. The second-order valence-electron chi connectivity index (χ2n) is 6.23. The first kappa shape index (κ1) is 16.0. The van der Waals surface area contributed by atoms with Gasteiger partial charge in [-0.2, -0.15) is 5.10 Å². The Morgan fingerprint density at radius 1 is 1.36 bits per heavy atom. The van der Waals surface area contributed by atoms with Crippen molar-refractivity contribution in [1.82, 2.24) is 9.78 Å². The van der Waals surface area contributed by atoms with Crippen LogP contribution in [0.1, 0.15) is 38.2 Å². The van der Waals surface area contributed by atoms with Crippen molar-refractivity contribution in [3.63, 3.8) is 0 Å². The number of nitro groups is 1. The Balaban J connectivity index is 2.56. The lowest BCUT2D eigenvalue weighted by Gasteiger charge is -2.38. The SMILES string of the molecule is Cn1cc([N+](=O)[O-])c(C(=O)C2=CC(C)(C)OC(C)(C)C2=O)n1. The largest absolute Gasteiger partial charge is 0.357 e. The molecule has 0 saturated heterocycles. The Kier molecular flexibility index (Phi) is 3.53. The zero-order chi connectivity index (χ0) is 16.9. The molecule has 0 amide bonds. The average Bonchev–Trinajstić information content (AvgIpc) is 2.74. The van der Waals surface area contributed by atoms with Crippen LogP contribution in [0.2, 0.25) is 0 Å². The van der Waals surface area contributed by atoms with Crippen molar-refractivity contribution in [1.29, 1.82) is 0 Å². The fourth-order valence-electron chi connectivity index (χ4n) is 2.54. The van der Waals surface area contributed by atoms with Crippen LogP contribution in [0.25, 0.3) is 0 Å². The minimum Gasteiger partial charge on any atom is -0.357 e. The van der Waals surface area contributed by atoms with E-state index in [4.69, 9.17) is 4.74 Å². The Hall–Kier alpha value is -2.35. The van der Waals surface area contributed by atoms with Crippen molar-refractivity contribution in [2.45, 2.75) is 38.9 Å². The Morgan fingerprint density at radius 2 is 1.95 bits per heavy atom. The van der Waals surface area contributed by atoms with Crippen molar-refractivity contribution in [2.75, 3.05) is 0 Å². The van der Waals surface area contributed by atoms with Gasteiger partial charge in [0.25, 0.3) is 0 Å². The van der Waals surface area contributed by atoms with Crippen molar-refractivity contribution >= 4 is 17.3 Å². The summed E-state index contributed by atoms with van der Waals surface area (Å²) >= 11 is 0. The predicted octanol–water partition coefficient (Wildman–Crippen LogP) is 1.59. The zero-order valence-electron chi connectivity index (χ0n) is 13.0. The molecule has 0 spiro atoms. The van der Waals surface area contributed by atoms with Crippen LogP contribution < -0.4 is 0 Å². The minimum atomic E-state index is -1.19. The molecule has 0 unspecified atom stereocenters. The molecular weight excluding hydrogens is 290 g/mol. The number of Topliss-reactive ketones (excluding diaryl/α,β-unsaturated/α-hetero) is 2. The molecule has 2 rings (SSSR count). The number of rotatable bonds is 3. The number of aryl methyl sites for hydroxylation is 1. The molecule has 0 aromatic carbocycles. The zero-order valence-corrected chi connectivity index (χ0v) is 13.0. The van der Waals surface area contributed by atoms with E-state index >= 15 is 0 Å². The fraction of sp³-hybridized carbons (Fsp3) is 0.500. The van der Waals surface area contributed by atoms with Crippen LogP contribution in [0.15, 0.2) is 17.8 Å². The summed E-state index contributed by atoms with van der Waals surface area (Å²) < 4.78 is 6.81. The summed E-state index contributed by atoms with van der Waals surface area (Å²) in [6.07, 6.45) is 2.52. The van der Waals surface area contributed by atoms with Crippen LogP contribution in [0, 0.1) is 10.1 Å².